The van der Waals surface area contributed by atoms with E-state index >= 15 is 0 Å². The van der Waals surface area contributed by atoms with Gasteiger partial charge in [0.2, 0.25) is 5.91 Å². The topological polar surface area (TPSA) is 73.0 Å². The van der Waals surface area contributed by atoms with Crippen LogP contribution in [0, 0.1) is 0 Å². The van der Waals surface area contributed by atoms with Crippen molar-refractivity contribution in [3.8, 4) is 11.4 Å². The number of pyridine rings is 1. The Hall–Kier alpha value is -3.15. The highest BCUT2D eigenvalue weighted by Gasteiger charge is 2.03. The molecule has 0 aromatic carbocycles. The number of carbonyl (C=O) groups excluding carboxylic acids is 1. The highest BCUT2D eigenvalue weighted by atomic mass is 16.3. The van der Waals surface area contributed by atoms with E-state index in [0.29, 0.717) is 18.8 Å². The zero-order valence-corrected chi connectivity index (χ0v) is 12.4. The highest BCUT2D eigenvalue weighted by Crippen LogP contribution is 2.12. The van der Waals surface area contributed by atoms with Crippen LogP contribution in [0.3, 0.4) is 0 Å². The number of furan rings is 1. The molecule has 3 heterocycles. The van der Waals surface area contributed by atoms with Crippen LogP contribution in [-0.2, 0) is 11.3 Å². The SMILES string of the molecule is O=C(C=Cc1ccco1)NCCn1ccc(-c2ccccn2)n1. The Balaban J connectivity index is 1.48. The number of rotatable bonds is 6. The fraction of sp³-hybridized carbons (Fsp3) is 0.118. The van der Waals surface area contributed by atoms with E-state index in [-0.39, 0.29) is 5.91 Å². The Morgan fingerprint density at radius 2 is 2.17 bits per heavy atom. The molecular weight excluding hydrogens is 292 g/mol. The second-order valence-corrected chi connectivity index (χ2v) is 4.82. The fourth-order valence-corrected chi connectivity index (χ4v) is 2.03. The van der Waals surface area contributed by atoms with Gasteiger partial charge in [0.25, 0.3) is 0 Å². The molecule has 0 saturated carbocycles. The summed E-state index contributed by atoms with van der Waals surface area (Å²) in [6.45, 7) is 1.08. The van der Waals surface area contributed by atoms with Gasteiger partial charge in [0.1, 0.15) is 11.5 Å². The van der Waals surface area contributed by atoms with Crippen molar-refractivity contribution in [3.05, 3.63) is 66.9 Å². The summed E-state index contributed by atoms with van der Waals surface area (Å²) < 4.78 is 6.89. The molecule has 0 aliphatic heterocycles. The lowest BCUT2D eigenvalue weighted by atomic mass is 10.3. The van der Waals surface area contributed by atoms with Crippen LogP contribution in [0.15, 0.2) is 65.5 Å². The number of hydrogen-bond acceptors (Lipinski definition) is 4. The Labute approximate surface area is 133 Å². The molecule has 0 unspecified atom stereocenters. The first-order valence-corrected chi connectivity index (χ1v) is 7.25. The molecular formula is C17H16N4O2. The first-order chi connectivity index (χ1) is 11.3. The molecule has 0 spiro atoms. The maximum atomic E-state index is 11.7. The number of nitrogens with zero attached hydrogens (tertiary/aromatic N) is 3. The summed E-state index contributed by atoms with van der Waals surface area (Å²) in [6.07, 6.45) is 8.24. The van der Waals surface area contributed by atoms with Gasteiger partial charge in [-0.25, -0.2) is 0 Å². The molecule has 0 aliphatic rings. The summed E-state index contributed by atoms with van der Waals surface area (Å²) in [6, 6.07) is 11.2. The average Bonchev–Trinajstić information content (AvgIpc) is 3.26. The van der Waals surface area contributed by atoms with Crippen LogP contribution in [0.25, 0.3) is 17.5 Å². The van der Waals surface area contributed by atoms with Crippen molar-refractivity contribution in [2.75, 3.05) is 6.54 Å². The first kappa shape index (κ1) is 14.8. The van der Waals surface area contributed by atoms with Crippen molar-refractivity contribution < 1.29 is 9.21 Å². The van der Waals surface area contributed by atoms with Crippen LogP contribution < -0.4 is 5.32 Å². The molecule has 116 valence electrons. The lowest BCUT2D eigenvalue weighted by Crippen LogP contribution is -2.25. The van der Waals surface area contributed by atoms with Gasteiger partial charge in [-0.15, -0.1) is 0 Å². The molecule has 0 atom stereocenters. The van der Waals surface area contributed by atoms with E-state index in [2.05, 4.69) is 15.4 Å². The van der Waals surface area contributed by atoms with Gasteiger partial charge in [-0.1, -0.05) is 6.07 Å². The van der Waals surface area contributed by atoms with Crippen LogP contribution in [0.5, 0.6) is 0 Å². The van der Waals surface area contributed by atoms with Crippen LogP contribution in [0.2, 0.25) is 0 Å². The van der Waals surface area contributed by atoms with Crippen molar-refractivity contribution in [2.24, 2.45) is 0 Å². The largest absolute Gasteiger partial charge is 0.465 e. The number of nitrogens with one attached hydrogen (secondary N) is 1. The monoisotopic (exact) mass is 308 g/mol. The van der Waals surface area contributed by atoms with Gasteiger partial charge in [-0.2, -0.15) is 5.10 Å². The number of aromatic nitrogens is 3. The molecule has 3 aromatic heterocycles. The zero-order chi connectivity index (χ0) is 15.9. The van der Waals surface area contributed by atoms with E-state index in [1.54, 1.807) is 35.4 Å². The molecule has 6 nitrogen and oxygen atoms in total. The first-order valence-electron chi connectivity index (χ1n) is 7.25. The Morgan fingerprint density at radius 1 is 1.22 bits per heavy atom. The molecule has 0 bridgehead atoms. The summed E-state index contributed by atoms with van der Waals surface area (Å²) in [5, 5.41) is 7.23. The third-order valence-electron chi connectivity index (χ3n) is 3.15. The number of hydrogen-bond donors (Lipinski definition) is 1. The average molecular weight is 308 g/mol. The molecule has 0 saturated heterocycles. The van der Waals surface area contributed by atoms with E-state index in [9.17, 15) is 4.79 Å². The second-order valence-electron chi connectivity index (χ2n) is 4.82. The van der Waals surface area contributed by atoms with E-state index in [1.807, 2.05) is 30.5 Å². The van der Waals surface area contributed by atoms with Crippen LogP contribution in [-0.4, -0.2) is 27.2 Å². The molecule has 0 radical (unpaired) electrons. The predicted molar refractivity (Wildman–Crippen MR) is 86.2 cm³/mol. The number of amides is 1. The molecule has 6 heteroatoms. The molecule has 0 fully saturated rings. The summed E-state index contributed by atoms with van der Waals surface area (Å²) in [4.78, 5) is 15.9. The third kappa shape index (κ3) is 4.16. The van der Waals surface area contributed by atoms with E-state index in [0.717, 1.165) is 11.4 Å². The zero-order valence-electron chi connectivity index (χ0n) is 12.4. The second kappa shape index (κ2) is 7.22. The van der Waals surface area contributed by atoms with Gasteiger partial charge in [-0.3, -0.25) is 14.5 Å². The lowest BCUT2D eigenvalue weighted by molar-refractivity contribution is -0.116. The van der Waals surface area contributed by atoms with Crippen molar-refractivity contribution >= 4 is 12.0 Å². The van der Waals surface area contributed by atoms with Crippen molar-refractivity contribution in [2.45, 2.75) is 6.54 Å². The van der Waals surface area contributed by atoms with Crippen LogP contribution in [0.4, 0.5) is 0 Å². The maximum Gasteiger partial charge on any atom is 0.244 e. The Kier molecular flexibility index (Phi) is 4.63. The van der Waals surface area contributed by atoms with Crippen LogP contribution in [0.1, 0.15) is 5.76 Å². The standard InChI is InChI=1S/C17H16N4O2/c22-17(7-6-14-4-3-13-23-14)19-10-12-21-11-8-16(20-21)15-5-1-2-9-18-15/h1-9,11,13H,10,12H2,(H,19,22). The van der Waals surface area contributed by atoms with E-state index in [1.165, 1.54) is 6.08 Å². The third-order valence-corrected chi connectivity index (χ3v) is 3.15. The van der Waals surface area contributed by atoms with Gasteiger partial charge in [0.05, 0.1) is 18.5 Å². The van der Waals surface area contributed by atoms with Gasteiger partial charge >= 0.3 is 0 Å². The van der Waals surface area contributed by atoms with E-state index < -0.39 is 0 Å². The summed E-state index contributed by atoms with van der Waals surface area (Å²) in [5.74, 6) is 0.478. The van der Waals surface area contributed by atoms with Gasteiger partial charge in [0.15, 0.2) is 0 Å². The summed E-state index contributed by atoms with van der Waals surface area (Å²) in [5.41, 5.74) is 1.64. The Bertz CT molecular complexity index is 776. The minimum absolute atomic E-state index is 0.168. The minimum atomic E-state index is -0.168. The maximum absolute atomic E-state index is 11.7. The van der Waals surface area contributed by atoms with Gasteiger partial charge in [0, 0.05) is 25.0 Å². The molecule has 1 amide bonds. The molecule has 1 N–H and O–H groups in total. The molecule has 23 heavy (non-hydrogen) atoms. The molecule has 3 aromatic rings. The summed E-state index contributed by atoms with van der Waals surface area (Å²) in [7, 11) is 0. The van der Waals surface area contributed by atoms with Crippen molar-refractivity contribution in [1.29, 1.82) is 0 Å². The fourth-order valence-electron chi connectivity index (χ4n) is 2.03. The number of carbonyl (C=O) groups is 1. The van der Waals surface area contributed by atoms with Crippen molar-refractivity contribution in [1.82, 2.24) is 20.1 Å². The lowest BCUT2D eigenvalue weighted by Gasteiger charge is -2.02. The summed E-state index contributed by atoms with van der Waals surface area (Å²) >= 11 is 0. The normalized spacial score (nSPS) is 11.0. The van der Waals surface area contributed by atoms with Crippen molar-refractivity contribution in [3.63, 3.8) is 0 Å². The predicted octanol–water partition coefficient (Wildman–Crippen LogP) is 2.37. The Morgan fingerprint density at radius 3 is 2.96 bits per heavy atom. The van der Waals surface area contributed by atoms with Gasteiger partial charge in [-0.05, 0) is 36.4 Å². The smallest absolute Gasteiger partial charge is 0.244 e. The van der Waals surface area contributed by atoms with Crippen LogP contribution >= 0.6 is 0 Å². The quantitative estimate of drug-likeness (QED) is 0.710. The van der Waals surface area contributed by atoms with Gasteiger partial charge < -0.3 is 9.73 Å². The molecule has 3 rings (SSSR count). The minimum Gasteiger partial charge on any atom is -0.465 e. The highest BCUT2D eigenvalue weighted by molar-refractivity contribution is 5.91. The molecule has 0 aliphatic carbocycles. The van der Waals surface area contributed by atoms with E-state index in [4.69, 9.17) is 4.42 Å².